The van der Waals surface area contributed by atoms with Crippen LogP contribution >= 0.6 is 0 Å². The number of hydrogen-bond acceptors (Lipinski definition) is 3. The fourth-order valence-corrected chi connectivity index (χ4v) is 2.94. The van der Waals surface area contributed by atoms with Gasteiger partial charge in [-0.1, -0.05) is 0 Å². The van der Waals surface area contributed by atoms with E-state index in [-0.39, 0.29) is 6.61 Å². The first-order valence-corrected chi connectivity index (χ1v) is 10.7. The summed E-state index contributed by atoms with van der Waals surface area (Å²) in [5.74, 6) is -96.9. The quantitative estimate of drug-likeness (QED) is 0.125. The number of aliphatic hydroxyl groups excluding tert-OH is 1. The average Bonchev–Trinajstić information content (AvgIpc) is 3.66. The monoisotopic (exact) mass is 732 g/mol. The maximum absolute atomic E-state index is 13.9. The molecule has 0 aromatic carbocycles. The molecule has 1 heterocycles. The fourth-order valence-electron chi connectivity index (χ4n) is 2.94. The van der Waals surface area contributed by atoms with Crippen LogP contribution in [0, 0.1) is 0 Å². The summed E-state index contributed by atoms with van der Waals surface area (Å²) in [6, 6.07) is 0. The van der Waals surface area contributed by atoms with E-state index in [4.69, 9.17) is 0 Å². The van der Waals surface area contributed by atoms with Crippen molar-refractivity contribution in [2.24, 2.45) is 0 Å². The van der Waals surface area contributed by atoms with E-state index in [0.29, 0.717) is 0 Å². The SMILES string of the molecule is OC(COCC1CO1)CC(F)(F)C(F)(F)C(F)(F)C(F)(F)C(F)(F)C(F)(F)C(F)(F)C(F)(F)C(F)(F)C(F)(F)C(F)(F)C(F)F. The number of alkyl halides is 24. The summed E-state index contributed by atoms with van der Waals surface area (Å²) in [6.45, 7) is -2.22. The summed E-state index contributed by atoms with van der Waals surface area (Å²) in [6.07, 6.45) is -13.4. The normalized spacial score (nSPS) is 19.7. The highest BCUT2D eigenvalue weighted by Crippen LogP contribution is 2.67. The Kier molecular flexibility index (Phi) is 10.5. The maximum Gasteiger partial charge on any atom is 0.385 e. The molecule has 0 aromatic rings. The van der Waals surface area contributed by atoms with Crippen LogP contribution in [0.3, 0.4) is 0 Å². The molecular weight excluding hydrogens is 720 g/mol. The van der Waals surface area contributed by atoms with Crippen LogP contribution in [0.1, 0.15) is 6.42 Å². The van der Waals surface area contributed by atoms with Crippen LogP contribution in [-0.2, 0) is 9.47 Å². The van der Waals surface area contributed by atoms with Crippen molar-refractivity contribution in [3.8, 4) is 0 Å². The summed E-state index contributed by atoms with van der Waals surface area (Å²) >= 11 is 0. The second kappa shape index (κ2) is 11.4. The van der Waals surface area contributed by atoms with E-state index < -0.39 is 103 Å². The van der Waals surface area contributed by atoms with Gasteiger partial charge in [0.1, 0.15) is 6.10 Å². The summed E-state index contributed by atoms with van der Waals surface area (Å²) in [4.78, 5) is 0. The zero-order chi connectivity index (χ0) is 36.5. The van der Waals surface area contributed by atoms with Gasteiger partial charge in [-0.15, -0.1) is 0 Å². The smallest absolute Gasteiger partial charge is 0.385 e. The molecular formula is C18H12F24O3. The number of rotatable bonds is 17. The van der Waals surface area contributed by atoms with Crippen molar-refractivity contribution in [1.82, 2.24) is 0 Å². The lowest BCUT2D eigenvalue weighted by molar-refractivity contribution is -0.476. The summed E-state index contributed by atoms with van der Waals surface area (Å²) in [5.41, 5.74) is 0. The van der Waals surface area contributed by atoms with E-state index in [1.807, 2.05) is 0 Å². The van der Waals surface area contributed by atoms with Gasteiger partial charge in [-0.25, -0.2) is 8.78 Å². The number of halogens is 24. The van der Waals surface area contributed by atoms with E-state index >= 15 is 0 Å². The molecule has 0 aromatic heterocycles. The number of epoxide rings is 1. The standard InChI is InChI=1S/C18H12F24O3/c19-7(20)9(23,24)11(27,28)13(31,32)15(35,36)17(39,40)18(41,42)16(37,38)14(33,34)12(29,30)10(25,26)8(21,22)1-5(43)2-44-3-6-4-45-6/h5-7,43H,1-4H2. The maximum atomic E-state index is 13.9. The zero-order valence-corrected chi connectivity index (χ0v) is 20.4. The third kappa shape index (κ3) is 5.83. The largest absolute Gasteiger partial charge is 0.390 e. The highest BCUT2D eigenvalue weighted by Gasteiger charge is 2.98. The van der Waals surface area contributed by atoms with Gasteiger partial charge < -0.3 is 14.6 Å². The Balaban J connectivity index is 3.62. The van der Waals surface area contributed by atoms with Gasteiger partial charge in [0.05, 0.1) is 25.9 Å². The minimum Gasteiger partial charge on any atom is -0.390 e. The van der Waals surface area contributed by atoms with Gasteiger partial charge in [0, 0.05) is 6.42 Å². The molecule has 0 saturated carbocycles. The first-order valence-electron chi connectivity index (χ1n) is 10.7. The Labute approximate surface area is 231 Å². The molecule has 2 atom stereocenters. The van der Waals surface area contributed by atoms with Crippen LogP contribution in [-0.4, -0.2) is 109 Å². The summed E-state index contributed by atoms with van der Waals surface area (Å²) < 4.78 is 332. The third-order valence-electron chi connectivity index (χ3n) is 5.82. The van der Waals surface area contributed by atoms with Gasteiger partial charge in [-0.3, -0.25) is 0 Å². The molecule has 1 aliphatic heterocycles. The molecule has 1 fully saturated rings. The predicted octanol–water partition coefficient (Wildman–Crippen LogP) is 7.41. The topological polar surface area (TPSA) is 42.0 Å². The molecule has 0 amide bonds. The Morgan fingerprint density at radius 1 is 0.533 bits per heavy atom. The van der Waals surface area contributed by atoms with Gasteiger partial charge in [-0.2, -0.15) is 96.6 Å². The zero-order valence-electron chi connectivity index (χ0n) is 20.4. The molecule has 0 aliphatic carbocycles. The van der Waals surface area contributed by atoms with Crippen LogP contribution in [0.5, 0.6) is 0 Å². The van der Waals surface area contributed by atoms with Crippen molar-refractivity contribution in [3.05, 3.63) is 0 Å². The molecule has 0 radical (unpaired) electrons. The Bertz CT molecular complexity index is 1030. The van der Waals surface area contributed by atoms with Gasteiger partial charge in [0.15, 0.2) is 0 Å². The van der Waals surface area contributed by atoms with Crippen LogP contribution in [0.25, 0.3) is 0 Å². The fraction of sp³-hybridized carbons (Fsp3) is 1.00. The van der Waals surface area contributed by atoms with Gasteiger partial charge in [0.2, 0.25) is 0 Å². The second-order valence-corrected chi connectivity index (χ2v) is 9.15. The first-order chi connectivity index (χ1) is 19.4. The molecule has 1 aliphatic rings. The molecule has 27 heteroatoms. The van der Waals surface area contributed by atoms with E-state index in [2.05, 4.69) is 9.47 Å². The molecule has 270 valence electrons. The van der Waals surface area contributed by atoms with E-state index in [1.165, 1.54) is 0 Å². The number of hydrogen-bond donors (Lipinski definition) is 1. The lowest BCUT2D eigenvalue weighted by Crippen LogP contribution is -2.78. The lowest BCUT2D eigenvalue weighted by atomic mass is 9.84. The highest BCUT2D eigenvalue weighted by molar-refractivity contribution is 5.19. The first kappa shape index (κ1) is 41.2. The van der Waals surface area contributed by atoms with Crippen LogP contribution in [0.4, 0.5) is 105 Å². The van der Waals surface area contributed by atoms with E-state index in [1.54, 1.807) is 0 Å². The molecule has 2 unspecified atom stereocenters. The molecule has 0 bridgehead atoms. The minimum atomic E-state index is -9.51. The van der Waals surface area contributed by atoms with Gasteiger partial charge >= 0.3 is 71.6 Å². The van der Waals surface area contributed by atoms with Crippen molar-refractivity contribution < 1.29 is 120 Å². The van der Waals surface area contributed by atoms with Crippen molar-refractivity contribution in [2.45, 2.75) is 90.2 Å². The van der Waals surface area contributed by atoms with Crippen LogP contribution < -0.4 is 0 Å². The molecule has 1 N–H and O–H groups in total. The Morgan fingerprint density at radius 3 is 1.11 bits per heavy atom. The molecule has 1 rings (SSSR count). The lowest BCUT2D eigenvalue weighted by Gasteiger charge is -2.45. The Hall–Kier alpha value is -1.80. The van der Waals surface area contributed by atoms with Crippen molar-refractivity contribution in [1.29, 1.82) is 0 Å². The van der Waals surface area contributed by atoms with Crippen LogP contribution in [0.2, 0.25) is 0 Å². The Morgan fingerprint density at radius 2 is 0.822 bits per heavy atom. The number of ether oxygens (including phenoxy) is 2. The molecule has 3 nitrogen and oxygen atoms in total. The van der Waals surface area contributed by atoms with Crippen molar-refractivity contribution >= 4 is 0 Å². The summed E-state index contributed by atoms with van der Waals surface area (Å²) in [7, 11) is 0. The third-order valence-corrected chi connectivity index (χ3v) is 5.82. The molecule has 45 heavy (non-hydrogen) atoms. The van der Waals surface area contributed by atoms with Crippen molar-refractivity contribution in [2.75, 3.05) is 19.8 Å². The van der Waals surface area contributed by atoms with Gasteiger partial charge in [0.25, 0.3) is 0 Å². The van der Waals surface area contributed by atoms with Gasteiger partial charge in [-0.05, 0) is 0 Å². The highest BCUT2D eigenvalue weighted by atomic mass is 19.4. The second-order valence-electron chi connectivity index (χ2n) is 9.15. The predicted molar refractivity (Wildman–Crippen MR) is 91.6 cm³/mol. The molecule has 1 saturated heterocycles. The number of aliphatic hydroxyl groups is 1. The van der Waals surface area contributed by atoms with E-state index in [9.17, 15) is 110 Å². The summed E-state index contributed by atoms with van der Waals surface area (Å²) in [5, 5.41) is 9.17. The minimum absolute atomic E-state index is 0.0439. The van der Waals surface area contributed by atoms with Crippen molar-refractivity contribution in [3.63, 3.8) is 0 Å². The van der Waals surface area contributed by atoms with Crippen LogP contribution in [0.15, 0.2) is 0 Å². The average molecular weight is 732 g/mol. The van der Waals surface area contributed by atoms with E-state index in [0.717, 1.165) is 0 Å². The molecule has 0 spiro atoms.